The van der Waals surface area contributed by atoms with E-state index >= 15 is 0 Å². The van der Waals surface area contributed by atoms with Crippen LogP contribution in [0.3, 0.4) is 0 Å². The fraction of sp³-hybridized carbons (Fsp3) is 0.333. The number of imide groups is 1. The molecule has 2 aromatic rings. The summed E-state index contributed by atoms with van der Waals surface area (Å²) in [5, 5.41) is 11.7. The second-order valence-corrected chi connectivity index (χ2v) is 10.4. The molecule has 0 spiro atoms. The van der Waals surface area contributed by atoms with Crippen LogP contribution in [0.5, 0.6) is 0 Å². The molecule has 2 aromatic carbocycles. The minimum atomic E-state index is -0.970. The zero-order chi connectivity index (χ0) is 25.1. The zero-order valence-electron chi connectivity index (χ0n) is 19.6. The number of carbonyl (C=O) groups excluding carboxylic acids is 3. The first-order valence-corrected chi connectivity index (χ1v) is 12.5. The van der Waals surface area contributed by atoms with Crippen molar-refractivity contribution in [2.45, 2.75) is 49.2 Å². The first-order valence-electron chi connectivity index (χ1n) is 11.7. The molecule has 0 saturated carbocycles. The standard InChI is InChI=1S/C27H28N2O5S/c1-16(2)17-7-11-19(12-8-17)29-24(30)15-23(26(29)32)35-20-13-9-18(10-14-20)28-25(31)21-5-3-4-6-22(21)27(33)34/h3-4,7-14,16,21-23H,5-6,15H2,1-2H3,(H,28,31)(H,33,34). The molecule has 1 aliphatic carbocycles. The Balaban J connectivity index is 1.38. The van der Waals surface area contributed by atoms with Crippen LogP contribution in [0.25, 0.3) is 0 Å². The summed E-state index contributed by atoms with van der Waals surface area (Å²) < 4.78 is 0. The molecule has 1 saturated heterocycles. The molecule has 7 nitrogen and oxygen atoms in total. The van der Waals surface area contributed by atoms with Crippen LogP contribution >= 0.6 is 11.8 Å². The van der Waals surface area contributed by atoms with Gasteiger partial charge in [-0.3, -0.25) is 19.2 Å². The number of carboxylic acids is 1. The minimum absolute atomic E-state index is 0.125. The number of anilines is 2. The number of carbonyl (C=O) groups is 4. The lowest BCUT2D eigenvalue weighted by atomic mass is 9.82. The summed E-state index contributed by atoms with van der Waals surface area (Å²) in [6.45, 7) is 4.18. The fourth-order valence-corrected chi connectivity index (χ4v) is 5.42. The molecule has 35 heavy (non-hydrogen) atoms. The van der Waals surface area contributed by atoms with E-state index in [1.807, 2.05) is 30.3 Å². The van der Waals surface area contributed by atoms with Gasteiger partial charge < -0.3 is 10.4 Å². The van der Waals surface area contributed by atoms with E-state index in [0.717, 1.165) is 10.5 Å². The van der Waals surface area contributed by atoms with Gasteiger partial charge in [-0.2, -0.15) is 0 Å². The second kappa shape index (κ2) is 10.5. The maximum atomic E-state index is 13.0. The topological polar surface area (TPSA) is 104 Å². The van der Waals surface area contributed by atoms with Crippen molar-refractivity contribution in [1.29, 1.82) is 0 Å². The Bertz CT molecular complexity index is 1160. The SMILES string of the molecule is CC(C)c1ccc(N2C(=O)CC(Sc3ccc(NC(=O)C4CC=CCC4C(=O)O)cc3)C2=O)cc1. The van der Waals surface area contributed by atoms with Crippen LogP contribution in [0.1, 0.15) is 44.6 Å². The molecule has 1 heterocycles. The molecule has 2 N–H and O–H groups in total. The number of amides is 3. The number of hydrogen-bond donors (Lipinski definition) is 2. The molecule has 2 aliphatic rings. The molecule has 4 rings (SSSR count). The average Bonchev–Trinajstić information content (AvgIpc) is 3.12. The third-order valence-electron chi connectivity index (χ3n) is 6.41. The number of carboxylic acid groups (broad SMARTS) is 1. The first-order chi connectivity index (χ1) is 16.7. The Hall–Kier alpha value is -3.39. The molecule has 0 radical (unpaired) electrons. The third-order valence-corrected chi connectivity index (χ3v) is 7.61. The van der Waals surface area contributed by atoms with Gasteiger partial charge in [-0.25, -0.2) is 4.90 Å². The molecule has 1 fully saturated rings. The smallest absolute Gasteiger partial charge is 0.307 e. The summed E-state index contributed by atoms with van der Waals surface area (Å²) in [6, 6.07) is 14.5. The Morgan fingerprint density at radius 2 is 1.60 bits per heavy atom. The van der Waals surface area contributed by atoms with Gasteiger partial charge in [-0.1, -0.05) is 38.1 Å². The molecular weight excluding hydrogens is 464 g/mol. The van der Waals surface area contributed by atoms with Crippen molar-refractivity contribution in [3.8, 4) is 0 Å². The monoisotopic (exact) mass is 492 g/mol. The quantitative estimate of drug-likeness (QED) is 0.423. The maximum absolute atomic E-state index is 13.0. The van der Waals surface area contributed by atoms with E-state index in [9.17, 15) is 24.3 Å². The summed E-state index contributed by atoms with van der Waals surface area (Å²) in [5.74, 6) is -2.73. The lowest BCUT2D eigenvalue weighted by molar-refractivity contribution is -0.146. The van der Waals surface area contributed by atoms with E-state index in [1.165, 1.54) is 16.7 Å². The molecule has 3 atom stereocenters. The Kier molecular flexibility index (Phi) is 7.40. The molecule has 8 heteroatoms. The fourth-order valence-electron chi connectivity index (χ4n) is 4.37. The predicted octanol–water partition coefficient (Wildman–Crippen LogP) is 4.84. The molecular formula is C27H28N2O5S. The van der Waals surface area contributed by atoms with Gasteiger partial charge >= 0.3 is 5.97 Å². The van der Waals surface area contributed by atoms with Crippen molar-refractivity contribution in [2.24, 2.45) is 11.8 Å². The Morgan fingerprint density at radius 1 is 0.971 bits per heavy atom. The lowest BCUT2D eigenvalue weighted by Gasteiger charge is -2.24. The van der Waals surface area contributed by atoms with Gasteiger partial charge in [-0.15, -0.1) is 11.8 Å². The van der Waals surface area contributed by atoms with E-state index in [4.69, 9.17) is 0 Å². The first kappa shape index (κ1) is 24.7. The average molecular weight is 493 g/mol. The van der Waals surface area contributed by atoms with Gasteiger partial charge in [0.15, 0.2) is 0 Å². The summed E-state index contributed by atoms with van der Waals surface area (Å²) >= 11 is 1.32. The van der Waals surface area contributed by atoms with E-state index in [-0.39, 0.29) is 24.1 Å². The van der Waals surface area contributed by atoms with E-state index in [2.05, 4.69) is 19.2 Å². The largest absolute Gasteiger partial charge is 0.481 e. The summed E-state index contributed by atoms with van der Waals surface area (Å²) in [4.78, 5) is 51.8. The molecule has 0 aromatic heterocycles. The lowest BCUT2D eigenvalue weighted by Crippen LogP contribution is -2.34. The molecule has 3 unspecified atom stereocenters. The van der Waals surface area contributed by atoms with Gasteiger partial charge in [0.2, 0.25) is 17.7 Å². The van der Waals surface area contributed by atoms with E-state index in [0.29, 0.717) is 30.1 Å². The number of nitrogens with zero attached hydrogens (tertiary/aromatic N) is 1. The number of thioether (sulfide) groups is 1. The zero-order valence-corrected chi connectivity index (χ0v) is 20.5. The molecule has 1 aliphatic heterocycles. The van der Waals surface area contributed by atoms with Gasteiger partial charge in [-0.05, 0) is 60.7 Å². The third kappa shape index (κ3) is 5.48. The number of hydrogen-bond acceptors (Lipinski definition) is 5. The highest BCUT2D eigenvalue weighted by molar-refractivity contribution is 8.00. The van der Waals surface area contributed by atoms with Gasteiger partial charge in [0.05, 0.1) is 22.8 Å². The van der Waals surface area contributed by atoms with Crippen LogP contribution in [0.4, 0.5) is 11.4 Å². The maximum Gasteiger partial charge on any atom is 0.307 e. The second-order valence-electron chi connectivity index (χ2n) is 9.13. The van der Waals surface area contributed by atoms with Crippen molar-refractivity contribution < 1.29 is 24.3 Å². The molecule has 182 valence electrons. The number of nitrogens with one attached hydrogen (secondary N) is 1. The summed E-state index contributed by atoms with van der Waals surface area (Å²) in [6.07, 6.45) is 4.50. The van der Waals surface area contributed by atoms with Crippen molar-refractivity contribution in [2.75, 3.05) is 10.2 Å². The highest BCUT2D eigenvalue weighted by atomic mass is 32.2. The summed E-state index contributed by atoms with van der Waals surface area (Å²) in [5.41, 5.74) is 2.28. The van der Waals surface area contributed by atoms with Crippen molar-refractivity contribution in [1.82, 2.24) is 0 Å². The van der Waals surface area contributed by atoms with Crippen molar-refractivity contribution in [3.05, 3.63) is 66.2 Å². The van der Waals surface area contributed by atoms with Crippen LogP contribution in [0.2, 0.25) is 0 Å². The van der Waals surface area contributed by atoms with Gasteiger partial charge in [0, 0.05) is 17.0 Å². The Morgan fingerprint density at radius 3 is 2.20 bits per heavy atom. The van der Waals surface area contributed by atoms with Gasteiger partial charge in [0.25, 0.3) is 0 Å². The number of aliphatic carboxylic acids is 1. The van der Waals surface area contributed by atoms with E-state index < -0.39 is 23.1 Å². The van der Waals surface area contributed by atoms with Crippen LogP contribution in [-0.4, -0.2) is 34.0 Å². The van der Waals surface area contributed by atoms with Crippen molar-refractivity contribution in [3.63, 3.8) is 0 Å². The minimum Gasteiger partial charge on any atom is -0.481 e. The Labute approximate surface area is 208 Å². The van der Waals surface area contributed by atoms with Crippen LogP contribution in [-0.2, 0) is 19.2 Å². The number of rotatable bonds is 7. The van der Waals surface area contributed by atoms with Crippen LogP contribution in [0, 0.1) is 11.8 Å². The normalized spacial score (nSPS) is 22.0. The highest BCUT2D eigenvalue weighted by Gasteiger charge is 2.40. The molecule has 3 amide bonds. The summed E-state index contributed by atoms with van der Waals surface area (Å²) in [7, 11) is 0. The van der Waals surface area contributed by atoms with Crippen LogP contribution < -0.4 is 10.2 Å². The van der Waals surface area contributed by atoms with Crippen LogP contribution in [0.15, 0.2) is 65.6 Å². The number of benzene rings is 2. The number of allylic oxidation sites excluding steroid dienone is 2. The van der Waals surface area contributed by atoms with Crippen molar-refractivity contribution >= 4 is 46.8 Å². The predicted molar refractivity (Wildman–Crippen MR) is 135 cm³/mol. The molecule has 0 bridgehead atoms. The highest BCUT2D eigenvalue weighted by Crippen LogP contribution is 2.35. The van der Waals surface area contributed by atoms with Gasteiger partial charge in [0.1, 0.15) is 0 Å². The van der Waals surface area contributed by atoms with E-state index in [1.54, 1.807) is 30.3 Å².